The summed E-state index contributed by atoms with van der Waals surface area (Å²) < 4.78 is 1.72. The van der Waals surface area contributed by atoms with Crippen molar-refractivity contribution in [1.29, 1.82) is 0 Å². The van der Waals surface area contributed by atoms with Crippen molar-refractivity contribution < 1.29 is 9.59 Å². The monoisotopic (exact) mass is 293 g/mol. The van der Waals surface area contributed by atoms with Crippen LogP contribution < -0.4 is 5.32 Å². The zero-order valence-corrected chi connectivity index (χ0v) is 12.8. The Labute approximate surface area is 124 Å². The zero-order valence-electron chi connectivity index (χ0n) is 12.8. The van der Waals surface area contributed by atoms with Gasteiger partial charge in [-0.2, -0.15) is 5.10 Å². The molecule has 7 nitrogen and oxygen atoms in total. The summed E-state index contributed by atoms with van der Waals surface area (Å²) in [4.78, 5) is 29.9. The average molecular weight is 293 g/mol. The highest BCUT2D eigenvalue weighted by Crippen LogP contribution is 2.17. The summed E-state index contributed by atoms with van der Waals surface area (Å²) >= 11 is 0. The van der Waals surface area contributed by atoms with E-state index in [2.05, 4.69) is 15.4 Å². The standard InChI is InChI=1S/C14H23N5O2/c1-4-12(18-7-5-6-13(18)20)14(21)17-10(2)11(3)19-9-15-8-16-19/h8-12H,4-7H2,1-3H3,(H,17,21). The van der Waals surface area contributed by atoms with Crippen molar-refractivity contribution in [2.24, 2.45) is 0 Å². The van der Waals surface area contributed by atoms with E-state index in [0.717, 1.165) is 6.42 Å². The van der Waals surface area contributed by atoms with E-state index < -0.39 is 0 Å². The first kappa shape index (κ1) is 15.5. The lowest BCUT2D eigenvalue weighted by Crippen LogP contribution is -2.50. The van der Waals surface area contributed by atoms with Crippen molar-refractivity contribution in [2.45, 2.75) is 58.2 Å². The first-order valence-electron chi connectivity index (χ1n) is 7.48. The van der Waals surface area contributed by atoms with Crippen LogP contribution in [0.4, 0.5) is 0 Å². The van der Waals surface area contributed by atoms with Crippen molar-refractivity contribution in [2.75, 3.05) is 6.54 Å². The molecule has 116 valence electrons. The highest BCUT2D eigenvalue weighted by molar-refractivity contribution is 5.88. The summed E-state index contributed by atoms with van der Waals surface area (Å²) in [5.74, 6) is -0.0128. The first-order chi connectivity index (χ1) is 10.0. The van der Waals surface area contributed by atoms with Gasteiger partial charge >= 0.3 is 0 Å². The molecule has 1 aliphatic heterocycles. The molecule has 1 N–H and O–H groups in total. The summed E-state index contributed by atoms with van der Waals surface area (Å²) in [5, 5.41) is 7.08. The van der Waals surface area contributed by atoms with Gasteiger partial charge in [0.15, 0.2) is 0 Å². The molecule has 3 unspecified atom stereocenters. The number of rotatable bonds is 6. The van der Waals surface area contributed by atoms with Crippen LogP contribution in [0.25, 0.3) is 0 Å². The second-order valence-corrected chi connectivity index (χ2v) is 5.53. The van der Waals surface area contributed by atoms with Crippen molar-refractivity contribution in [3.63, 3.8) is 0 Å². The number of likely N-dealkylation sites (tertiary alicyclic amines) is 1. The summed E-state index contributed by atoms with van der Waals surface area (Å²) in [6, 6.07) is -0.459. The van der Waals surface area contributed by atoms with Crippen LogP contribution in [-0.2, 0) is 9.59 Å². The molecule has 1 aliphatic rings. The van der Waals surface area contributed by atoms with Gasteiger partial charge in [0, 0.05) is 19.0 Å². The minimum absolute atomic E-state index is 0.00300. The number of aromatic nitrogens is 3. The van der Waals surface area contributed by atoms with E-state index in [1.165, 1.54) is 6.33 Å². The molecule has 1 aromatic rings. The van der Waals surface area contributed by atoms with Crippen molar-refractivity contribution in [1.82, 2.24) is 25.0 Å². The summed E-state index contributed by atoms with van der Waals surface area (Å²) in [5.41, 5.74) is 0. The lowest BCUT2D eigenvalue weighted by atomic mass is 10.1. The van der Waals surface area contributed by atoms with Gasteiger partial charge in [-0.15, -0.1) is 0 Å². The van der Waals surface area contributed by atoms with Gasteiger partial charge in [-0.3, -0.25) is 9.59 Å². The van der Waals surface area contributed by atoms with E-state index in [1.807, 2.05) is 20.8 Å². The second kappa shape index (κ2) is 6.69. The van der Waals surface area contributed by atoms with E-state index in [1.54, 1.807) is 15.9 Å². The number of carbonyl (C=O) groups is 2. The number of amides is 2. The molecule has 1 saturated heterocycles. The van der Waals surface area contributed by atoms with Gasteiger partial charge in [-0.25, -0.2) is 9.67 Å². The van der Waals surface area contributed by atoms with Gasteiger partial charge < -0.3 is 10.2 Å². The summed E-state index contributed by atoms with van der Waals surface area (Å²) in [6.45, 7) is 6.52. The molecule has 7 heteroatoms. The lowest BCUT2D eigenvalue weighted by molar-refractivity contribution is -0.138. The Kier molecular flexibility index (Phi) is 4.93. The molecule has 2 amide bonds. The summed E-state index contributed by atoms with van der Waals surface area (Å²) in [7, 11) is 0. The molecule has 2 rings (SSSR count). The fourth-order valence-electron chi connectivity index (χ4n) is 2.64. The van der Waals surface area contributed by atoms with Crippen LogP contribution >= 0.6 is 0 Å². The molecule has 0 aromatic carbocycles. The van der Waals surface area contributed by atoms with Gasteiger partial charge in [0.25, 0.3) is 0 Å². The molecule has 1 fully saturated rings. The summed E-state index contributed by atoms with van der Waals surface area (Å²) in [6.07, 6.45) is 5.13. The molecule has 0 saturated carbocycles. The maximum absolute atomic E-state index is 12.4. The maximum atomic E-state index is 12.4. The van der Waals surface area contributed by atoms with Crippen LogP contribution in [0.15, 0.2) is 12.7 Å². The molecule has 0 radical (unpaired) electrons. The van der Waals surface area contributed by atoms with Gasteiger partial charge in [0.05, 0.1) is 6.04 Å². The predicted octanol–water partition coefficient (Wildman–Crippen LogP) is 0.745. The first-order valence-corrected chi connectivity index (χ1v) is 7.48. The zero-order chi connectivity index (χ0) is 15.4. The Bertz CT molecular complexity index is 488. The number of hydrogen-bond acceptors (Lipinski definition) is 4. The Morgan fingerprint density at radius 3 is 2.76 bits per heavy atom. The SMILES string of the molecule is CCC(C(=O)NC(C)C(C)n1cncn1)N1CCCC1=O. The predicted molar refractivity (Wildman–Crippen MR) is 77.4 cm³/mol. The third-order valence-corrected chi connectivity index (χ3v) is 4.12. The second-order valence-electron chi connectivity index (χ2n) is 5.53. The van der Waals surface area contributed by atoms with Crippen LogP contribution in [0.5, 0.6) is 0 Å². The minimum Gasteiger partial charge on any atom is -0.350 e. The Hall–Kier alpha value is -1.92. The molecular formula is C14H23N5O2. The Morgan fingerprint density at radius 1 is 1.48 bits per heavy atom. The third kappa shape index (κ3) is 3.40. The topological polar surface area (TPSA) is 80.1 Å². The van der Waals surface area contributed by atoms with E-state index in [-0.39, 0.29) is 29.9 Å². The maximum Gasteiger partial charge on any atom is 0.243 e. The van der Waals surface area contributed by atoms with Crippen molar-refractivity contribution in [3.8, 4) is 0 Å². The fraction of sp³-hybridized carbons (Fsp3) is 0.714. The van der Waals surface area contributed by atoms with Crippen LogP contribution in [0, 0.1) is 0 Å². The quantitative estimate of drug-likeness (QED) is 0.839. The Balaban J connectivity index is 1.97. The lowest BCUT2D eigenvalue weighted by Gasteiger charge is -2.29. The van der Waals surface area contributed by atoms with Gasteiger partial charge in [-0.1, -0.05) is 6.92 Å². The molecule has 3 atom stereocenters. The minimum atomic E-state index is -0.370. The molecule has 0 bridgehead atoms. The van der Waals surface area contributed by atoms with Crippen LogP contribution in [-0.4, -0.2) is 50.1 Å². The van der Waals surface area contributed by atoms with Crippen LogP contribution in [0.3, 0.4) is 0 Å². The molecular weight excluding hydrogens is 270 g/mol. The van der Waals surface area contributed by atoms with Gasteiger partial charge in [-0.05, 0) is 26.7 Å². The number of carbonyl (C=O) groups excluding carboxylic acids is 2. The number of nitrogens with zero attached hydrogens (tertiary/aromatic N) is 4. The number of nitrogens with one attached hydrogen (secondary N) is 1. The third-order valence-electron chi connectivity index (χ3n) is 4.12. The average Bonchev–Trinajstić information content (AvgIpc) is 3.11. The smallest absolute Gasteiger partial charge is 0.243 e. The molecule has 0 spiro atoms. The van der Waals surface area contributed by atoms with E-state index in [9.17, 15) is 9.59 Å². The normalized spacial score (nSPS) is 19.4. The van der Waals surface area contributed by atoms with Crippen molar-refractivity contribution >= 4 is 11.8 Å². The van der Waals surface area contributed by atoms with Crippen LogP contribution in [0.1, 0.15) is 46.1 Å². The molecule has 2 heterocycles. The van der Waals surface area contributed by atoms with E-state index >= 15 is 0 Å². The molecule has 1 aromatic heterocycles. The number of hydrogen-bond donors (Lipinski definition) is 1. The highest BCUT2D eigenvalue weighted by Gasteiger charge is 2.32. The highest BCUT2D eigenvalue weighted by atomic mass is 16.2. The molecule has 0 aliphatic carbocycles. The van der Waals surface area contributed by atoms with Crippen molar-refractivity contribution in [3.05, 3.63) is 12.7 Å². The van der Waals surface area contributed by atoms with E-state index in [4.69, 9.17) is 0 Å². The van der Waals surface area contributed by atoms with Gasteiger partial charge in [0.2, 0.25) is 11.8 Å². The fourth-order valence-corrected chi connectivity index (χ4v) is 2.64. The van der Waals surface area contributed by atoms with Gasteiger partial charge in [0.1, 0.15) is 18.7 Å². The van der Waals surface area contributed by atoms with E-state index in [0.29, 0.717) is 19.4 Å². The van der Waals surface area contributed by atoms with Crippen LogP contribution in [0.2, 0.25) is 0 Å². The Morgan fingerprint density at radius 2 is 2.24 bits per heavy atom. The largest absolute Gasteiger partial charge is 0.350 e. The molecule has 21 heavy (non-hydrogen) atoms.